The van der Waals surface area contributed by atoms with Crippen molar-refractivity contribution >= 4 is 44.2 Å². The molecule has 4 bridgehead atoms. The first-order valence-corrected chi connectivity index (χ1v) is 10.8. The van der Waals surface area contributed by atoms with Crippen LogP contribution in [0.15, 0.2) is 23.1 Å². The van der Waals surface area contributed by atoms with Gasteiger partial charge >= 0.3 is 0 Å². The van der Waals surface area contributed by atoms with Crippen molar-refractivity contribution in [3.05, 3.63) is 26.8 Å². The molecule has 5 rings (SSSR count). The number of halogens is 2. The summed E-state index contributed by atoms with van der Waals surface area (Å²) < 4.78 is 29.6. The molecular weight excluding hydrogens is 433 g/mol. The van der Waals surface area contributed by atoms with Crippen molar-refractivity contribution in [1.29, 1.82) is 0 Å². The predicted octanol–water partition coefficient (Wildman–Crippen LogP) is 4.19. The van der Waals surface area contributed by atoms with Crippen LogP contribution in [0.5, 0.6) is 0 Å². The zero-order chi connectivity index (χ0) is 15.5. The third kappa shape index (κ3) is 2.72. The van der Waals surface area contributed by atoms with E-state index < -0.39 is 10.0 Å². The van der Waals surface area contributed by atoms with Crippen LogP contribution in [-0.2, 0) is 10.0 Å². The molecule has 1 aromatic rings. The van der Waals surface area contributed by atoms with E-state index >= 15 is 0 Å². The van der Waals surface area contributed by atoms with Crippen molar-refractivity contribution in [2.75, 3.05) is 0 Å². The Morgan fingerprint density at radius 3 is 2.14 bits per heavy atom. The van der Waals surface area contributed by atoms with Crippen LogP contribution in [0.1, 0.15) is 38.5 Å². The van der Waals surface area contributed by atoms with Gasteiger partial charge in [0, 0.05) is 14.1 Å². The van der Waals surface area contributed by atoms with Crippen LogP contribution in [-0.4, -0.2) is 14.0 Å². The second-order valence-electron chi connectivity index (χ2n) is 7.38. The van der Waals surface area contributed by atoms with Gasteiger partial charge in [0.1, 0.15) is 0 Å². The van der Waals surface area contributed by atoms with Gasteiger partial charge in [0.25, 0.3) is 0 Å². The lowest BCUT2D eigenvalue weighted by atomic mass is 9.53. The average Bonchev–Trinajstić information content (AvgIpc) is 2.34. The maximum Gasteiger partial charge on any atom is 0.242 e. The van der Waals surface area contributed by atoms with Gasteiger partial charge in [-0.2, -0.15) is 0 Å². The van der Waals surface area contributed by atoms with Crippen molar-refractivity contribution in [1.82, 2.24) is 4.72 Å². The van der Waals surface area contributed by atoms with Gasteiger partial charge in [0.05, 0.1) is 4.90 Å². The van der Waals surface area contributed by atoms with Gasteiger partial charge in [-0.15, -0.1) is 0 Å². The van der Waals surface area contributed by atoms with Crippen LogP contribution in [0.4, 0.5) is 0 Å². The lowest BCUT2D eigenvalue weighted by molar-refractivity contribution is -0.00810. The minimum atomic E-state index is -3.49. The highest BCUT2D eigenvalue weighted by atomic mass is 127. The Bertz CT molecular complexity index is 684. The first kappa shape index (κ1) is 15.7. The molecule has 0 atom stereocenters. The molecule has 4 saturated carbocycles. The number of hydrogen-bond donors (Lipinski definition) is 1. The Kier molecular flexibility index (Phi) is 3.79. The summed E-state index contributed by atoms with van der Waals surface area (Å²) in [6, 6.07) is 4.97. The normalized spacial score (nSPS) is 36.7. The molecule has 4 aliphatic rings. The molecule has 3 nitrogen and oxygen atoms in total. The number of sulfonamides is 1. The van der Waals surface area contributed by atoms with E-state index in [1.807, 2.05) is 22.6 Å². The van der Waals surface area contributed by atoms with E-state index in [0.29, 0.717) is 13.5 Å². The number of hydrogen-bond acceptors (Lipinski definition) is 2. The molecule has 0 spiro atoms. The summed E-state index contributed by atoms with van der Waals surface area (Å²) >= 11 is 8.00. The quantitative estimate of drug-likeness (QED) is 0.701. The second kappa shape index (κ2) is 5.33. The van der Waals surface area contributed by atoms with Crippen LogP contribution < -0.4 is 4.72 Å². The highest BCUT2D eigenvalue weighted by Crippen LogP contribution is 2.56. The second-order valence-corrected chi connectivity index (χ2v) is 10.6. The Labute approximate surface area is 150 Å². The Morgan fingerprint density at radius 2 is 1.64 bits per heavy atom. The summed E-state index contributed by atoms with van der Waals surface area (Å²) in [5.74, 6) is 2.16. The maximum atomic E-state index is 12.9. The molecule has 1 N–H and O–H groups in total. The van der Waals surface area contributed by atoms with Gasteiger partial charge in [-0.05, 0) is 97.1 Å². The first-order valence-electron chi connectivity index (χ1n) is 7.84. The van der Waals surface area contributed by atoms with Gasteiger partial charge in [-0.1, -0.05) is 11.6 Å². The minimum absolute atomic E-state index is 0.198. The standard InChI is InChI=1S/C16H19ClINO2S/c17-13-1-2-15(14(18)6-13)22(20,21)19-16-7-10-3-11(8-16)5-12(4-10)9-16/h1-2,6,10-12,19H,3-5,7-9H2. The molecule has 0 aliphatic heterocycles. The van der Waals surface area contributed by atoms with E-state index in [2.05, 4.69) is 4.72 Å². The van der Waals surface area contributed by atoms with E-state index in [-0.39, 0.29) is 5.54 Å². The van der Waals surface area contributed by atoms with Crippen LogP contribution >= 0.6 is 34.2 Å². The molecule has 4 aliphatic carbocycles. The van der Waals surface area contributed by atoms with Gasteiger partial charge < -0.3 is 0 Å². The van der Waals surface area contributed by atoms with Crippen LogP contribution in [0.25, 0.3) is 0 Å². The highest BCUT2D eigenvalue weighted by molar-refractivity contribution is 14.1. The minimum Gasteiger partial charge on any atom is -0.207 e. The van der Waals surface area contributed by atoms with Crippen LogP contribution in [0.3, 0.4) is 0 Å². The van der Waals surface area contributed by atoms with Gasteiger partial charge in [0.15, 0.2) is 0 Å². The monoisotopic (exact) mass is 451 g/mol. The molecular formula is C16H19ClINO2S. The first-order chi connectivity index (χ1) is 10.4. The maximum absolute atomic E-state index is 12.9. The van der Waals surface area contributed by atoms with Gasteiger partial charge in [0.2, 0.25) is 10.0 Å². The zero-order valence-electron chi connectivity index (χ0n) is 12.2. The van der Waals surface area contributed by atoms with Crippen molar-refractivity contribution in [2.24, 2.45) is 17.8 Å². The molecule has 0 heterocycles. The molecule has 1 aromatic carbocycles. The fourth-order valence-electron chi connectivity index (χ4n) is 5.27. The molecule has 0 amide bonds. The smallest absolute Gasteiger partial charge is 0.207 e. The Balaban J connectivity index is 1.65. The third-order valence-corrected chi connectivity index (χ3v) is 8.70. The number of rotatable bonds is 3. The summed E-state index contributed by atoms with van der Waals surface area (Å²) in [4.78, 5) is 0.355. The zero-order valence-corrected chi connectivity index (χ0v) is 15.9. The van der Waals surface area contributed by atoms with Crippen molar-refractivity contribution in [3.63, 3.8) is 0 Å². The lowest BCUT2D eigenvalue weighted by Gasteiger charge is -2.56. The average molecular weight is 452 g/mol. The molecule has 4 fully saturated rings. The third-order valence-electron chi connectivity index (χ3n) is 5.57. The molecule has 0 saturated heterocycles. The molecule has 0 radical (unpaired) electrons. The van der Waals surface area contributed by atoms with Crippen molar-refractivity contribution in [3.8, 4) is 0 Å². The highest BCUT2D eigenvalue weighted by Gasteiger charge is 2.52. The SMILES string of the molecule is O=S(=O)(NC12CC3CC(CC(C3)C1)C2)c1ccc(Cl)cc1I. The van der Waals surface area contributed by atoms with E-state index in [1.54, 1.807) is 18.2 Å². The van der Waals surface area contributed by atoms with E-state index in [9.17, 15) is 8.42 Å². The largest absolute Gasteiger partial charge is 0.242 e. The van der Waals surface area contributed by atoms with Gasteiger partial charge in [-0.3, -0.25) is 0 Å². The van der Waals surface area contributed by atoms with E-state index in [1.165, 1.54) is 19.3 Å². The molecule has 6 heteroatoms. The van der Waals surface area contributed by atoms with E-state index in [0.717, 1.165) is 37.0 Å². The summed E-state index contributed by atoms with van der Waals surface area (Å²) in [5, 5.41) is 0.568. The summed E-state index contributed by atoms with van der Waals surface area (Å²) in [6.45, 7) is 0. The molecule has 22 heavy (non-hydrogen) atoms. The summed E-state index contributed by atoms with van der Waals surface area (Å²) in [6.07, 6.45) is 6.96. The molecule has 0 unspecified atom stereocenters. The van der Waals surface area contributed by atoms with Crippen LogP contribution in [0, 0.1) is 21.3 Å². The lowest BCUT2D eigenvalue weighted by Crippen LogP contribution is -2.59. The van der Waals surface area contributed by atoms with E-state index in [4.69, 9.17) is 11.6 Å². The Hall–Kier alpha value is 0.150. The summed E-state index contributed by atoms with van der Waals surface area (Å²) in [5.41, 5.74) is -0.198. The fraction of sp³-hybridized carbons (Fsp3) is 0.625. The number of benzene rings is 1. The van der Waals surface area contributed by atoms with Crippen molar-refractivity contribution in [2.45, 2.75) is 49.0 Å². The fourth-order valence-corrected chi connectivity index (χ4v) is 8.50. The number of nitrogens with one attached hydrogen (secondary N) is 1. The Morgan fingerprint density at radius 1 is 1.09 bits per heavy atom. The predicted molar refractivity (Wildman–Crippen MR) is 95.4 cm³/mol. The van der Waals surface area contributed by atoms with Crippen LogP contribution in [0.2, 0.25) is 5.02 Å². The summed E-state index contributed by atoms with van der Waals surface area (Å²) in [7, 11) is -3.49. The molecule has 0 aromatic heterocycles. The topological polar surface area (TPSA) is 46.2 Å². The van der Waals surface area contributed by atoms with Crippen molar-refractivity contribution < 1.29 is 8.42 Å². The van der Waals surface area contributed by atoms with Gasteiger partial charge in [-0.25, -0.2) is 13.1 Å². The molecule has 120 valence electrons.